The Kier molecular flexibility index (Phi) is 16.0. The van der Waals surface area contributed by atoms with Crippen molar-refractivity contribution in [3.63, 3.8) is 0 Å². The topological polar surface area (TPSA) is 123 Å². The molecule has 0 unspecified atom stereocenters. The second-order valence-electron chi connectivity index (χ2n) is 10.1. The van der Waals surface area contributed by atoms with Crippen molar-refractivity contribution in [3.8, 4) is 0 Å². The van der Waals surface area contributed by atoms with Gasteiger partial charge in [0.05, 0.1) is 9.79 Å². The van der Waals surface area contributed by atoms with Crippen LogP contribution in [-0.2, 0) is 20.0 Å². The molecule has 0 spiro atoms. The normalized spacial score (nSPS) is 18.4. The lowest BCUT2D eigenvalue weighted by Crippen LogP contribution is -2.41. The Balaban J connectivity index is 0.000000408. The fourth-order valence-electron chi connectivity index (χ4n) is 4.08. The highest BCUT2D eigenvalue weighted by Gasteiger charge is 2.29. The van der Waals surface area contributed by atoms with E-state index in [9.17, 15) is 16.8 Å². The molecule has 0 atom stereocenters. The van der Waals surface area contributed by atoms with Crippen LogP contribution in [0.5, 0.6) is 0 Å². The smallest absolute Gasteiger partial charge is 0.243 e. The van der Waals surface area contributed by atoms with E-state index in [1.54, 1.807) is 48.5 Å². The number of nitrogens with one attached hydrogen (secondary N) is 4. The van der Waals surface area contributed by atoms with E-state index >= 15 is 0 Å². The first kappa shape index (κ1) is 35.3. The van der Waals surface area contributed by atoms with Crippen LogP contribution in [0, 0.1) is 13.8 Å². The summed E-state index contributed by atoms with van der Waals surface area (Å²) in [7, 11) is -7.40. The first-order valence-corrected chi connectivity index (χ1v) is 17.5. The zero-order valence-electron chi connectivity index (χ0n) is 25.2. The second kappa shape index (κ2) is 18.6. The van der Waals surface area contributed by atoms with E-state index in [0.717, 1.165) is 50.4 Å². The monoisotopic (exact) mass is 610 g/mol. The quantitative estimate of drug-likeness (QED) is 0.413. The molecule has 41 heavy (non-hydrogen) atoms. The van der Waals surface area contributed by atoms with Gasteiger partial charge in [-0.1, -0.05) is 55.7 Å². The minimum absolute atomic E-state index is 0.100. The highest BCUT2D eigenvalue weighted by atomic mass is 32.2. The lowest BCUT2D eigenvalue weighted by molar-refractivity contribution is 0.365. The van der Waals surface area contributed by atoms with Crippen LogP contribution in [0.25, 0.3) is 0 Å². The Hall–Kier alpha value is -1.90. The van der Waals surface area contributed by atoms with Crippen molar-refractivity contribution in [2.75, 3.05) is 78.5 Å². The maximum absolute atomic E-state index is 13.1. The molecule has 2 aliphatic rings. The molecule has 2 aromatic rings. The third kappa shape index (κ3) is 12.1. The van der Waals surface area contributed by atoms with Gasteiger partial charge in [-0.3, -0.25) is 0 Å². The summed E-state index contributed by atoms with van der Waals surface area (Å²) >= 11 is 0. The lowest BCUT2D eigenvalue weighted by atomic mass is 10.2. The van der Waals surface area contributed by atoms with E-state index in [-0.39, 0.29) is 36.0 Å². The SMILES string of the molecule is C1CNCCNCCN1.CCC.Cc1ccc(S(=O)(=O)N2CCNCCN(S(=O)(=O)c3ccc(C)cc3)CC2)cc1. The Labute approximate surface area is 248 Å². The third-order valence-corrected chi connectivity index (χ3v) is 10.3. The largest absolute Gasteiger partial charge is 0.314 e. The first-order valence-electron chi connectivity index (χ1n) is 14.6. The van der Waals surface area contributed by atoms with Crippen LogP contribution in [0.3, 0.4) is 0 Å². The average molecular weight is 611 g/mol. The number of nitrogens with zero attached hydrogens (tertiary/aromatic N) is 2. The molecule has 0 saturated carbocycles. The summed E-state index contributed by atoms with van der Waals surface area (Å²) in [6, 6.07) is 13.4. The van der Waals surface area contributed by atoms with E-state index < -0.39 is 20.0 Å². The second-order valence-corrected chi connectivity index (χ2v) is 14.0. The van der Waals surface area contributed by atoms with Crippen molar-refractivity contribution in [2.45, 2.75) is 43.9 Å². The molecule has 2 saturated heterocycles. The fraction of sp³-hybridized carbons (Fsp3) is 0.586. The highest BCUT2D eigenvalue weighted by molar-refractivity contribution is 7.89. The van der Waals surface area contributed by atoms with Gasteiger partial charge in [0.1, 0.15) is 0 Å². The Morgan fingerprint density at radius 1 is 0.512 bits per heavy atom. The van der Waals surface area contributed by atoms with Gasteiger partial charge in [0.15, 0.2) is 0 Å². The zero-order chi connectivity index (χ0) is 30.1. The molecule has 4 N–H and O–H groups in total. The Morgan fingerprint density at radius 2 is 0.780 bits per heavy atom. The van der Waals surface area contributed by atoms with Crippen LogP contribution in [0.4, 0.5) is 0 Å². The molecular weight excluding hydrogens is 560 g/mol. The Bertz CT molecular complexity index is 1090. The molecule has 0 bridgehead atoms. The number of aryl methyl sites for hydroxylation is 2. The predicted octanol–water partition coefficient (Wildman–Crippen LogP) is 1.77. The van der Waals surface area contributed by atoms with Gasteiger partial charge in [-0.25, -0.2) is 16.8 Å². The molecule has 12 heteroatoms. The summed E-state index contributed by atoms with van der Waals surface area (Å²) in [5.41, 5.74) is 1.95. The average Bonchev–Trinajstić information content (AvgIpc) is 3.19. The molecular formula is C29H50N6O4S2. The van der Waals surface area contributed by atoms with Gasteiger partial charge >= 0.3 is 0 Å². The minimum atomic E-state index is -3.70. The third-order valence-electron chi connectivity index (χ3n) is 6.43. The molecule has 0 radical (unpaired) electrons. The van der Waals surface area contributed by atoms with Crippen LogP contribution < -0.4 is 21.3 Å². The number of hydrogen-bond donors (Lipinski definition) is 4. The Morgan fingerprint density at radius 3 is 1.07 bits per heavy atom. The summed E-state index contributed by atoms with van der Waals surface area (Å²) in [6.45, 7) is 16.3. The van der Waals surface area contributed by atoms with Crippen LogP contribution in [-0.4, -0.2) is 104 Å². The number of hydrogen-bond acceptors (Lipinski definition) is 8. The van der Waals surface area contributed by atoms with Crippen molar-refractivity contribution in [3.05, 3.63) is 59.7 Å². The van der Waals surface area contributed by atoms with Crippen molar-refractivity contribution >= 4 is 20.0 Å². The summed E-state index contributed by atoms with van der Waals surface area (Å²) in [6.07, 6.45) is 1.25. The van der Waals surface area contributed by atoms with Gasteiger partial charge in [-0.2, -0.15) is 8.61 Å². The van der Waals surface area contributed by atoms with E-state index in [0.29, 0.717) is 13.1 Å². The van der Waals surface area contributed by atoms with Gasteiger partial charge in [0.2, 0.25) is 20.0 Å². The van der Waals surface area contributed by atoms with E-state index in [2.05, 4.69) is 35.1 Å². The van der Waals surface area contributed by atoms with Gasteiger partial charge < -0.3 is 21.3 Å². The molecule has 2 fully saturated rings. The van der Waals surface area contributed by atoms with Gasteiger partial charge in [0, 0.05) is 78.5 Å². The molecule has 2 aromatic carbocycles. The molecule has 0 aliphatic carbocycles. The molecule has 4 rings (SSSR count). The number of benzene rings is 2. The summed E-state index contributed by atoms with van der Waals surface area (Å²) in [5, 5.41) is 13.0. The van der Waals surface area contributed by atoms with Crippen molar-refractivity contribution < 1.29 is 16.8 Å². The van der Waals surface area contributed by atoms with E-state index in [4.69, 9.17) is 0 Å². The zero-order valence-corrected chi connectivity index (χ0v) is 26.8. The molecule has 10 nitrogen and oxygen atoms in total. The van der Waals surface area contributed by atoms with Crippen LogP contribution in [0.15, 0.2) is 58.3 Å². The van der Waals surface area contributed by atoms with Crippen molar-refractivity contribution in [2.24, 2.45) is 0 Å². The van der Waals surface area contributed by atoms with E-state index in [1.165, 1.54) is 15.0 Å². The lowest BCUT2D eigenvalue weighted by Gasteiger charge is -2.25. The standard InChI is InChI=1S/C20H27N3O4S2.C6H15N3.C3H8/c1-17-3-7-19(8-4-17)28(24,25)22-13-11-21-12-14-23(16-15-22)29(26,27)20-9-5-18(2)6-10-20;1-2-8-5-6-9-4-3-7-1;1-3-2/h3-10,21H,11-16H2,1-2H3;7-9H,1-6H2;3H2,1-2H3. The maximum atomic E-state index is 13.1. The summed E-state index contributed by atoms with van der Waals surface area (Å²) < 4.78 is 55.0. The number of rotatable bonds is 4. The van der Waals surface area contributed by atoms with Gasteiger partial charge in [0.25, 0.3) is 0 Å². The maximum Gasteiger partial charge on any atom is 0.243 e. The van der Waals surface area contributed by atoms with Crippen LogP contribution in [0.1, 0.15) is 31.4 Å². The predicted molar refractivity (Wildman–Crippen MR) is 167 cm³/mol. The number of sulfonamides is 2. The van der Waals surface area contributed by atoms with Gasteiger partial charge in [-0.15, -0.1) is 0 Å². The first-order chi connectivity index (χ1) is 19.6. The molecule has 232 valence electrons. The van der Waals surface area contributed by atoms with Gasteiger partial charge in [-0.05, 0) is 38.1 Å². The highest BCUT2D eigenvalue weighted by Crippen LogP contribution is 2.19. The molecule has 0 aromatic heterocycles. The molecule has 2 aliphatic heterocycles. The van der Waals surface area contributed by atoms with Crippen LogP contribution >= 0.6 is 0 Å². The molecule has 2 heterocycles. The van der Waals surface area contributed by atoms with E-state index in [1.807, 2.05) is 13.8 Å². The minimum Gasteiger partial charge on any atom is -0.314 e. The summed E-state index contributed by atoms with van der Waals surface area (Å²) in [5.74, 6) is 0. The molecule has 0 amide bonds. The van der Waals surface area contributed by atoms with Crippen molar-refractivity contribution in [1.82, 2.24) is 29.9 Å². The van der Waals surface area contributed by atoms with Crippen LogP contribution in [0.2, 0.25) is 0 Å². The fourth-order valence-corrected chi connectivity index (χ4v) is 6.95. The van der Waals surface area contributed by atoms with Crippen molar-refractivity contribution in [1.29, 1.82) is 0 Å². The summed E-state index contributed by atoms with van der Waals surface area (Å²) in [4.78, 5) is 0.436.